The third-order valence-corrected chi connectivity index (χ3v) is 4.81. The Bertz CT molecular complexity index is 653. The lowest BCUT2D eigenvalue weighted by Crippen LogP contribution is -2.41. The molecular formula is C18H23Cl2N3O2S. The van der Waals surface area contributed by atoms with Gasteiger partial charge in [-0.2, -0.15) is 11.8 Å². The molecule has 1 atom stereocenters. The summed E-state index contributed by atoms with van der Waals surface area (Å²) in [6.07, 6.45) is 2.25. The summed E-state index contributed by atoms with van der Waals surface area (Å²) in [5, 5.41) is 6.31. The van der Waals surface area contributed by atoms with E-state index >= 15 is 0 Å². The number of ether oxygens (including phenoxy) is 1. The van der Waals surface area contributed by atoms with Crippen LogP contribution in [0.2, 0.25) is 0 Å². The summed E-state index contributed by atoms with van der Waals surface area (Å²) in [7, 11) is 0. The molecule has 1 amide bonds. The summed E-state index contributed by atoms with van der Waals surface area (Å²) in [4.78, 5) is 16.3. The van der Waals surface area contributed by atoms with Crippen molar-refractivity contribution in [3.8, 4) is 11.6 Å². The lowest BCUT2D eigenvalue weighted by atomic mass is 10.2. The predicted octanol–water partition coefficient (Wildman–Crippen LogP) is 3.43. The number of aromatic nitrogens is 1. The molecule has 2 N–H and O–H groups in total. The van der Waals surface area contributed by atoms with Gasteiger partial charge in [0.05, 0.1) is 0 Å². The van der Waals surface area contributed by atoms with Crippen molar-refractivity contribution in [2.45, 2.75) is 19.0 Å². The van der Waals surface area contributed by atoms with Crippen LogP contribution in [0.4, 0.5) is 0 Å². The first-order valence-electron chi connectivity index (χ1n) is 8.05. The Labute approximate surface area is 170 Å². The van der Waals surface area contributed by atoms with Crippen molar-refractivity contribution in [2.24, 2.45) is 0 Å². The van der Waals surface area contributed by atoms with Crippen molar-refractivity contribution in [3.05, 3.63) is 54.2 Å². The number of halogens is 2. The van der Waals surface area contributed by atoms with Crippen LogP contribution in [-0.2, 0) is 11.3 Å². The maximum Gasteiger partial charge on any atom is 0.221 e. The number of hydrogen-bond acceptors (Lipinski definition) is 5. The fraction of sp³-hybridized carbons (Fsp3) is 0.333. The Morgan fingerprint density at radius 2 is 2.04 bits per heavy atom. The number of amides is 1. The Morgan fingerprint density at radius 1 is 1.23 bits per heavy atom. The summed E-state index contributed by atoms with van der Waals surface area (Å²) in [5.74, 6) is 3.49. The smallest absolute Gasteiger partial charge is 0.221 e. The molecule has 2 heterocycles. The molecule has 0 aliphatic carbocycles. The van der Waals surface area contributed by atoms with E-state index in [0.29, 0.717) is 18.8 Å². The number of carbonyl (C=O) groups is 1. The van der Waals surface area contributed by atoms with Gasteiger partial charge in [0.15, 0.2) is 0 Å². The molecule has 1 aliphatic rings. The van der Waals surface area contributed by atoms with Gasteiger partial charge >= 0.3 is 0 Å². The topological polar surface area (TPSA) is 63.2 Å². The van der Waals surface area contributed by atoms with E-state index in [0.717, 1.165) is 29.4 Å². The quantitative estimate of drug-likeness (QED) is 0.756. The molecule has 0 spiro atoms. The Balaban J connectivity index is 0.00000169. The molecule has 1 saturated heterocycles. The van der Waals surface area contributed by atoms with Gasteiger partial charge in [0.2, 0.25) is 11.8 Å². The van der Waals surface area contributed by atoms with Crippen LogP contribution < -0.4 is 15.4 Å². The zero-order chi connectivity index (χ0) is 16.6. The second kappa shape index (κ2) is 12.0. The maximum absolute atomic E-state index is 12.0. The Hall–Kier alpha value is -1.47. The van der Waals surface area contributed by atoms with Gasteiger partial charge in [-0.3, -0.25) is 4.79 Å². The summed E-state index contributed by atoms with van der Waals surface area (Å²) >= 11 is 1.90. The van der Waals surface area contributed by atoms with Gasteiger partial charge in [-0.25, -0.2) is 4.98 Å². The van der Waals surface area contributed by atoms with Crippen molar-refractivity contribution < 1.29 is 9.53 Å². The van der Waals surface area contributed by atoms with E-state index in [-0.39, 0.29) is 36.8 Å². The SMILES string of the molecule is Cl.Cl.O=C(CC1CSCCN1)NCc1ccc(Oc2ccccc2)nc1. The number of hydrogen-bond donors (Lipinski definition) is 2. The molecule has 1 aliphatic heterocycles. The number of nitrogens with zero attached hydrogens (tertiary/aromatic N) is 1. The van der Waals surface area contributed by atoms with Gasteiger partial charge in [0.1, 0.15) is 5.75 Å². The fourth-order valence-corrected chi connectivity index (χ4v) is 3.38. The molecule has 26 heavy (non-hydrogen) atoms. The van der Waals surface area contributed by atoms with Crippen LogP contribution >= 0.6 is 36.6 Å². The summed E-state index contributed by atoms with van der Waals surface area (Å²) in [6, 6.07) is 13.5. The molecule has 0 radical (unpaired) electrons. The molecule has 0 bridgehead atoms. The molecular weight excluding hydrogens is 393 g/mol. The van der Waals surface area contributed by atoms with Gasteiger partial charge in [-0.1, -0.05) is 24.3 Å². The van der Waals surface area contributed by atoms with Gasteiger partial charge < -0.3 is 15.4 Å². The number of thioether (sulfide) groups is 1. The molecule has 0 saturated carbocycles. The third-order valence-electron chi connectivity index (χ3n) is 3.68. The molecule has 5 nitrogen and oxygen atoms in total. The van der Waals surface area contributed by atoms with E-state index in [1.54, 1.807) is 6.20 Å². The van der Waals surface area contributed by atoms with Crippen LogP contribution in [0.15, 0.2) is 48.7 Å². The normalized spacial score (nSPS) is 15.9. The van der Waals surface area contributed by atoms with Crippen molar-refractivity contribution in [3.63, 3.8) is 0 Å². The first-order valence-corrected chi connectivity index (χ1v) is 9.21. The zero-order valence-corrected chi connectivity index (χ0v) is 16.7. The monoisotopic (exact) mass is 415 g/mol. The predicted molar refractivity (Wildman–Crippen MR) is 111 cm³/mol. The first kappa shape index (κ1) is 22.6. The molecule has 1 fully saturated rings. The molecule has 3 rings (SSSR count). The molecule has 2 aromatic rings. The van der Waals surface area contributed by atoms with Gasteiger partial charge in [0.25, 0.3) is 0 Å². The molecule has 142 valence electrons. The minimum atomic E-state index is 0. The summed E-state index contributed by atoms with van der Waals surface area (Å²) in [5.41, 5.74) is 0.953. The highest BCUT2D eigenvalue weighted by atomic mass is 35.5. The summed E-state index contributed by atoms with van der Waals surface area (Å²) < 4.78 is 5.65. The number of rotatable bonds is 6. The van der Waals surface area contributed by atoms with Crippen LogP contribution in [0, 0.1) is 0 Å². The molecule has 1 aromatic heterocycles. The van der Waals surface area contributed by atoms with Crippen molar-refractivity contribution >= 4 is 42.5 Å². The highest BCUT2D eigenvalue weighted by molar-refractivity contribution is 7.99. The zero-order valence-electron chi connectivity index (χ0n) is 14.2. The van der Waals surface area contributed by atoms with Crippen LogP contribution in [0.5, 0.6) is 11.6 Å². The first-order chi connectivity index (χ1) is 11.8. The Morgan fingerprint density at radius 3 is 2.69 bits per heavy atom. The van der Waals surface area contributed by atoms with Gasteiger partial charge in [-0.15, -0.1) is 24.8 Å². The van der Waals surface area contributed by atoms with E-state index in [4.69, 9.17) is 4.74 Å². The highest BCUT2D eigenvalue weighted by Gasteiger charge is 2.16. The van der Waals surface area contributed by atoms with E-state index in [1.165, 1.54) is 0 Å². The second-order valence-corrected chi connectivity index (χ2v) is 6.78. The molecule has 1 unspecified atom stereocenters. The van der Waals surface area contributed by atoms with Crippen LogP contribution in [0.1, 0.15) is 12.0 Å². The second-order valence-electron chi connectivity index (χ2n) is 5.63. The lowest BCUT2D eigenvalue weighted by Gasteiger charge is -2.22. The van der Waals surface area contributed by atoms with E-state index < -0.39 is 0 Å². The van der Waals surface area contributed by atoms with Crippen LogP contribution in [0.25, 0.3) is 0 Å². The average molecular weight is 416 g/mol. The number of carbonyl (C=O) groups excluding carboxylic acids is 1. The fourth-order valence-electron chi connectivity index (χ4n) is 2.43. The number of para-hydroxylation sites is 1. The van der Waals surface area contributed by atoms with E-state index in [1.807, 2.05) is 54.2 Å². The van der Waals surface area contributed by atoms with E-state index in [9.17, 15) is 4.79 Å². The lowest BCUT2D eigenvalue weighted by molar-refractivity contribution is -0.121. The standard InChI is InChI=1S/C18H21N3O2S.2ClH/c22-17(10-15-13-24-9-8-19-15)20-11-14-6-7-18(21-12-14)23-16-4-2-1-3-5-16;;/h1-7,12,15,19H,8-11,13H2,(H,20,22);2*1H. The third kappa shape index (κ3) is 7.41. The average Bonchev–Trinajstić information content (AvgIpc) is 2.63. The van der Waals surface area contributed by atoms with E-state index in [2.05, 4.69) is 15.6 Å². The molecule has 8 heteroatoms. The Kier molecular flexibility index (Phi) is 10.4. The van der Waals surface area contributed by atoms with Crippen molar-refractivity contribution in [1.82, 2.24) is 15.6 Å². The molecule has 1 aromatic carbocycles. The number of benzene rings is 1. The van der Waals surface area contributed by atoms with Crippen molar-refractivity contribution in [2.75, 3.05) is 18.1 Å². The van der Waals surface area contributed by atoms with Crippen LogP contribution in [0.3, 0.4) is 0 Å². The van der Waals surface area contributed by atoms with Crippen LogP contribution in [-0.4, -0.2) is 35.0 Å². The van der Waals surface area contributed by atoms with Gasteiger partial charge in [0, 0.05) is 49.3 Å². The summed E-state index contributed by atoms with van der Waals surface area (Å²) in [6.45, 7) is 1.47. The number of pyridine rings is 1. The number of nitrogens with one attached hydrogen (secondary N) is 2. The van der Waals surface area contributed by atoms with Gasteiger partial charge in [-0.05, 0) is 17.7 Å². The minimum Gasteiger partial charge on any atom is -0.439 e. The minimum absolute atomic E-state index is 0. The van der Waals surface area contributed by atoms with Crippen molar-refractivity contribution in [1.29, 1.82) is 0 Å². The largest absolute Gasteiger partial charge is 0.439 e. The highest BCUT2D eigenvalue weighted by Crippen LogP contribution is 2.18. The maximum atomic E-state index is 12.0.